The summed E-state index contributed by atoms with van der Waals surface area (Å²) in [6.07, 6.45) is 3.39. The molecule has 0 atom stereocenters. The molecule has 2 N–H and O–H groups in total. The SMILES string of the molecule is C=CCNc1nc(Cl)nc2[nH]ncc12. The molecule has 0 saturated heterocycles. The molecule has 0 amide bonds. The summed E-state index contributed by atoms with van der Waals surface area (Å²) in [5.41, 5.74) is 0.622. The Morgan fingerprint density at radius 3 is 3.21 bits per heavy atom. The van der Waals surface area contributed by atoms with Crippen molar-refractivity contribution in [1.29, 1.82) is 0 Å². The highest BCUT2D eigenvalue weighted by atomic mass is 35.5. The summed E-state index contributed by atoms with van der Waals surface area (Å²) < 4.78 is 0. The maximum absolute atomic E-state index is 5.72. The fourth-order valence-electron chi connectivity index (χ4n) is 1.11. The highest BCUT2D eigenvalue weighted by Crippen LogP contribution is 2.19. The Morgan fingerprint density at radius 1 is 1.57 bits per heavy atom. The molecule has 0 radical (unpaired) electrons. The fraction of sp³-hybridized carbons (Fsp3) is 0.125. The number of hydrogen-bond acceptors (Lipinski definition) is 4. The van der Waals surface area contributed by atoms with Crippen LogP contribution in [-0.2, 0) is 0 Å². The van der Waals surface area contributed by atoms with Crippen molar-refractivity contribution in [3.8, 4) is 0 Å². The van der Waals surface area contributed by atoms with Gasteiger partial charge in [0.1, 0.15) is 5.82 Å². The van der Waals surface area contributed by atoms with Crippen molar-refractivity contribution < 1.29 is 0 Å². The fourth-order valence-corrected chi connectivity index (χ4v) is 1.28. The first-order valence-corrected chi connectivity index (χ1v) is 4.40. The minimum absolute atomic E-state index is 0.188. The van der Waals surface area contributed by atoms with Gasteiger partial charge in [0.15, 0.2) is 5.65 Å². The first kappa shape index (κ1) is 8.96. The minimum Gasteiger partial charge on any atom is -0.366 e. The normalized spacial score (nSPS) is 10.4. The van der Waals surface area contributed by atoms with E-state index in [2.05, 4.69) is 32.1 Å². The van der Waals surface area contributed by atoms with Crippen LogP contribution in [0.5, 0.6) is 0 Å². The highest BCUT2D eigenvalue weighted by molar-refractivity contribution is 6.28. The van der Waals surface area contributed by atoms with Crippen LogP contribution in [0, 0.1) is 0 Å². The molecule has 0 aliphatic carbocycles. The smallest absolute Gasteiger partial charge is 0.226 e. The molecule has 0 saturated carbocycles. The van der Waals surface area contributed by atoms with Gasteiger partial charge in [0.25, 0.3) is 0 Å². The summed E-state index contributed by atoms with van der Waals surface area (Å²) in [6.45, 7) is 4.22. The third-order valence-electron chi connectivity index (χ3n) is 1.70. The number of aromatic nitrogens is 4. The Hall–Kier alpha value is -1.62. The number of H-pyrrole nitrogens is 1. The average molecular weight is 210 g/mol. The Morgan fingerprint density at radius 2 is 2.43 bits per heavy atom. The topological polar surface area (TPSA) is 66.5 Å². The number of nitrogens with one attached hydrogen (secondary N) is 2. The number of aromatic amines is 1. The van der Waals surface area contributed by atoms with Crippen LogP contribution in [0.15, 0.2) is 18.9 Å². The highest BCUT2D eigenvalue weighted by Gasteiger charge is 2.06. The molecular formula is C8H8ClN5. The van der Waals surface area contributed by atoms with Gasteiger partial charge in [0.2, 0.25) is 5.28 Å². The maximum atomic E-state index is 5.72. The van der Waals surface area contributed by atoms with E-state index in [-0.39, 0.29) is 5.28 Å². The van der Waals surface area contributed by atoms with Gasteiger partial charge in [0, 0.05) is 6.54 Å². The lowest BCUT2D eigenvalue weighted by Crippen LogP contribution is -2.01. The predicted octanol–water partition coefficient (Wildman–Crippen LogP) is 1.60. The molecule has 0 bridgehead atoms. The van der Waals surface area contributed by atoms with Crippen LogP contribution < -0.4 is 5.32 Å². The molecule has 0 aliphatic heterocycles. The van der Waals surface area contributed by atoms with E-state index in [9.17, 15) is 0 Å². The quantitative estimate of drug-likeness (QED) is 0.595. The van der Waals surface area contributed by atoms with Gasteiger partial charge >= 0.3 is 0 Å². The second kappa shape index (κ2) is 3.63. The summed E-state index contributed by atoms with van der Waals surface area (Å²) in [5.74, 6) is 0.661. The van der Waals surface area contributed by atoms with Crippen LogP contribution in [0.4, 0.5) is 5.82 Å². The van der Waals surface area contributed by atoms with Crippen LogP contribution >= 0.6 is 11.6 Å². The van der Waals surface area contributed by atoms with Crippen LogP contribution in [0.25, 0.3) is 11.0 Å². The van der Waals surface area contributed by atoms with Crippen molar-refractivity contribution >= 4 is 28.5 Å². The maximum Gasteiger partial charge on any atom is 0.226 e. The molecule has 5 nitrogen and oxygen atoms in total. The zero-order valence-corrected chi connectivity index (χ0v) is 8.04. The third kappa shape index (κ3) is 1.54. The molecule has 2 rings (SSSR count). The lowest BCUT2D eigenvalue weighted by molar-refractivity contribution is 1.09. The predicted molar refractivity (Wildman–Crippen MR) is 55.4 cm³/mol. The van der Waals surface area contributed by atoms with Crippen molar-refractivity contribution in [2.24, 2.45) is 0 Å². The average Bonchev–Trinajstić information content (AvgIpc) is 2.61. The van der Waals surface area contributed by atoms with Gasteiger partial charge in [-0.1, -0.05) is 6.08 Å². The summed E-state index contributed by atoms with van der Waals surface area (Å²) in [7, 11) is 0. The van der Waals surface area contributed by atoms with Gasteiger partial charge < -0.3 is 5.32 Å². The van der Waals surface area contributed by atoms with E-state index in [1.54, 1.807) is 12.3 Å². The van der Waals surface area contributed by atoms with E-state index in [1.807, 2.05) is 0 Å². The van der Waals surface area contributed by atoms with E-state index in [0.29, 0.717) is 18.0 Å². The van der Waals surface area contributed by atoms with Gasteiger partial charge in [-0.05, 0) is 11.6 Å². The number of halogens is 1. The molecule has 0 aliphatic rings. The zero-order chi connectivity index (χ0) is 9.97. The summed E-state index contributed by atoms with van der Waals surface area (Å²) >= 11 is 5.72. The van der Waals surface area contributed by atoms with Crippen LogP contribution in [-0.4, -0.2) is 26.7 Å². The van der Waals surface area contributed by atoms with E-state index in [0.717, 1.165) is 5.39 Å². The first-order valence-electron chi connectivity index (χ1n) is 4.02. The van der Waals surface area contributed by atoms with E-state index in [4.69, 9.17) is 11.6 Å². The number of anilines is 1. The minimum atomic E-state index is 0.188. The molecule has 72 valence electrons. The van der Waals surface area contributed by atoms with E-state index in [1.165, 1.54) is 0 Å². The largest absolute Gasteiger partial charge is 0.366 e. The van der Waals surface area contributed by atoms with Crippen molar-refractivity contribution in [1.82, 2.24) is 20.2 Å². The molecule has 6 heteroatoms. The summed E-state index contributed by atoms with van der Waals surface area (Å²) in [5, 5.41) is 10.6. The third-order valence-corrected chi connectivity index (χ3v) is 1.87. The molecule has 14 heavy (non-hydrogen) atoms. The van der Waals surface area contributed by atoms with Gasteiger partial charge in [-0.25, -0.2) is 0 Å². The lowest BCUT2D eigenvalue weighted by Gasteiger charge is -2.02. The second-order valence-corrected chi connectivity index (χ2v) is 2.98. The second-order valence-electron chi connectivity index (χ2n) is 2.64. The van der Waals surface area contributed by atoms with Crippen molar-refractivity contribution in [3.63, 3.8) is 0 Å². The Kier molecular flexibility index (Phi) is 2.32. The molecule has 0 fully saturated rings. The van der Waals surface area contributed by atoms with Gasteiger partial charge in [-0.15, -0.1) is 6.58 Å². The standard InChI is InChI=1S/C8H8ClN5/c1-2-3-10-6-5-4-11-14-7(5)13-8(9)12-6/h2,4H,1,3H2,(H2,10,11,12,13,14). The zero-order valence-electron chi connectivity index (χ0n) is 7.29. The van der Waals surface area contributed by atoms with Gasteiger partial charge in [-0.2, -0.15) is 15.1 Å². The molecular weight excluding hydrogens is 202 g/mol. The molecule has 2 heterocycles. The molecule has 0 unspecified atom stereocenters. The van der Waals surface area contributed by atoms with Gasteiger partial charge in [-0.3, -0.25) is 5.10 Å². The first-order chi connectivity index (χ1) is 6.81. The molecule has 2 aromatic heterocycles. The Bertz CT molecular complexity index is 464. The molecule has 0 aromatic carbocycles. The van der Waals surface area contributed by atoms with Crippen molar-refractivity contribution in [2.45, 2.75) is 0 Å². The summed E-state index contributed by atoms with van der Waals surface area (Å²) in [6, 6.07) is 0. The van der Waals surface area contributed by atoms with Crippen LogP contribution in [0.1, 0.15) is 0 Å². The number of hydrogen-bond donors (Lipinski definition) is 2. The van der Waals surface area contributed by atoms with Crippen LogP contribution in [0.3, 0.4) is 0 Å². The number of fused-ring (bicyclic) bond motifs is 1. The van der Waals surface area contributed by atoms with Crippen molar-refractivity contribution in [3.05, 3.63) is 24.1 Å². The lowest BCUT2D eigenvalue weighted by atomic mass is 10.4. The van der Waals surface area contributed by atoms with Gasteiger partial charge in [0.05, 0.1) is 11.6 Å². The van der Waals surface area contributed by atoms with E-state index < -0.39 is 0 Å². The van der Waals surface area contributed by atoms with E-state index >= 15 is 0 Å². The number of nitrogens with zero attached hydrogens (tertiary/aromatic N) is 3. The number of rotatable bonds is 3. The Balaban J connectivity index is 2.49. The van der Waals surface area contributed by atoms with Crippen LogP contribution in [0.2, 0.25) is 5.28 Å². The van der Waals surface area contributed by atoms with Crippen molar-refractivity contribution in [2.75, 3.05) is 11.9 Å². The molecule has 2 aromatic rings. The monoisotopic (exact) mass is 209 g/mol. The Labute approximate surface area is 85.2 Å². The summed E-state index contributed by atoms with van der Waals surface area (Å²) in [4.78, 5) is 8.02. The molecule has 0 spiro atoms.